The number of rotatable bonds is 15. The highest BCUT2D eigenvalue weighted by Gasteiger charge is 2.28. The van der Waals surface area contributed by atoms with Crippen LogP contribution in [0.4, 0.5) is 18.9 Å². The van der Waals surface area contributed by atoms with Crippen LogP contribution < -0.4 is 10.2 Å². The molecule has 3 rings (SSSR count). The van der Waals surface area contributed by atoms with Gasteiger partial charge in [0.2, 0.25) is 0 Å². The topological polar surface area (TPSA) is 34.1 Å². The smallest absolute Gasteiger partial charge is 0.145 e. The summed E-state index contributed by atoms with van der Waals surface area (Å²) in [6.45, 7) is 26.2. The summed E-state index contributed by atoms with van der Waals surface area (Å²) in [6.07, 6.45) is 12.6. The maximum absolute atomic E-state index is 15.5. The number of allylic oxidation sites excluding steroid dienone is 4. The van der Waals surface area contributed by atoms with Gasteiger partial charge in [-0.1, -0.05) is 43.7 Å². The monoisotopic (exact) mass is 667 g/mol. The van der Waals surface area contributed by atoms with E-state index in [1.54, 1.807) is 13.8 Å². The zero-order chi connectivity index (χ0) is 35.6. The number of likely N-dealkylation sites (tertiary alicyclic amines) is 1. The van der Waals surface area contributed by atoms with Gasteiger partial charge < -0.3 is 15.1 Å². The average Bonchev–Trinajstić information content (AvgIpc) is 3.05. The van der Waals surface area contributed by atoms with E-state index in [2.05, 4.69) is 78.4 Å². The Hall–Kier alpha value is -3.10. The summed E-state index contributed by atoms with van der Waals surface area (Å²) in [7, 11) is 0. The van der Waals surface area contributed by atoms with Gasteiger partial charge in [0.25, 0.3) is 0 Å². The van der Waals surface area contributed by atoms with E-state index in [1.165, 1.54) is 23.4 Å². The molecule has 0 bridgehead atoms. The fraction of sp³-hybridized carbons (Fsp3) is 0.575. The van der Waals surface area contributed by atoms with E-state index in [0.29, 0.717) is 35.1 Å². The maximum Gasteiger partial charge on any atom is 0.145 e. The lowest BCUT2D eigenvalue weighted by atomic mass is 9.91. The van der Waals surface area contributed by atoms with E-state index in [-0.39, 0.29) is 18.5 Å². The Morgan fingerprint density at radius 1 is 1.19 bits per heavy atom. The minimum Gasteiger partial charge on any atom is -0.362 e. The van der Waals surface area contributed by atoms with E-state index in [4.69, 9.17) is 0 Å². The predicted octanol–water partition coefficient (Wildman–Crippen LogP) is 9.68. The standard InChI is InChI=1S/C40H60F3N5/c1-11-17-40(10,18-13-34-27-47(22-14-29(34)5)36-15-20-46(21-16-36)23-19-41)45-33(9)44-26-38(43)31(7)35-24-37(42)32(8)39(25-35)48(28(3)4)30(6)12-2/h12-13,18,24-26,28,36,45H,9,11,14-17,19-23,27H2,1-8,10H3/b18-13-,30-12-,38-31-,44-26-. The third-order valence-electron chi connectivity index (χ3n) is 10.0. The van der Waals surface area contributed by atoms with Crippen LogP contribution in [0.2, 0.25) is 0 Å². The van der Waals surface area contributed by atoms with Crippen molar-refractivity contribution in [2.24, 2.45) is 4.99 Å². The van der Waals surface area contributed by atoms with Crippen molar-refractivity contribution in [1.82, 2.24) is 15.1 Å². The number of piperidine rings is 1. The van der Waals surface area contributed by atoms with Gasteiger partial charge in [0.1, 0.15) is 24.1 Å². The molecule has 5 nitrogen and oxygen atoms in total. The number of alkyl halides is 1. The van der Waals surface area contributed by atoms with Gasteiger partial charge in [-0.25, -0.2) is 18.2 Å². The Morgan fingerprint density at radius 2 is 1.88 bits per heavy atom. The second-order valence-electron chi connectivity index (χ2n) is 14.1. The minimum absolute atomic E-state index is 0.0980. The van der Waals surface area contributed by atoms with Crippen LogP contribution in [0.3, 0.4) is 0 Å². The van der Waals surface area contributed by atoms with Crippen LogP contribution >= 0.6 is 0 Å². The molecule has 2 aliphatic heterocycles. The number of nitrogens with zero attached hydrogens (tertiary/aromatic N) is 4. The molecule has 2 aliphatic rings. The largest absolute Gasteiger partial charge is 0.362 e. The molecule has 1 atom stereocenters. The number of halogens is 3. The normalized spacial score (nSPS) is 19.4. The zero-order valence-corrected chi connectivity index (χ0v) is 31.0. The van der Waals surface area contributed by atoms with Gasteiger partial charge in [0, 0.05) is 48.7 Å². The van der Waals surface area contributed by atoms with Gasteiger partial charge >= 0.3 is 0 Å². The predicted molar refractivity (Wildman–Crippen MR) is 199 cm³/mol. The lowest BCUT2D eigenvalue weighted by molar-refractivity contribution is 0.109. The van der Waals surface area contributed by atoms with Crippen LogP contribution in [0, 0.1) is 12.7 Å². The zero-order valence-electron chi connectivity index (χ0n) is 31.0. The van der Waals surface area contributed by atoms with Crippen LogP contribution in [0.15, 0.2) is 70.4 Å². The summed E-state index contributed by atoms with van der Waals surface area (Å²) in [4.78, 5) is 11.2. The van der Waals surface area contributed by atoms with Crippen LogP contribution in [-0.2, 0) is 0 Å². The molecule has 1 aromatic carbocycles. The second-order valence-corrected chi connectivity index (χ2v) is 14.1. The van der Waals surface area contributed by atoms with Crippen molar-refractivity contribution in [3.05, 3.63) is 82.4 Å². The lowest BCUT2D eigenvalue weighted by Crippen LogP contribution is -2.47. The summed E-state index contributed by atoms with van der Waals surface area (Å²) in [5.41, 5.74) is 5.34. The van der Waals surface area contributed by atoms with E-state index in [1.807, 2.05) is 26.0 Å². The Labute approximate surface area is 289 Å². The third-order valence-corrected chi connectivity index (χ3v) is 10.0. The first kappa shape index (κ1) is 39.3. The van der Waals surface area contributed by atoms with Crippen molar-refractivity contribution in [1.29, 1.82) is 0 Å². The average molecular weight is 668 g/mol. The van der Waals surface area contributed by atoms with Crippen LogP contribution in [-0.4, -0.2) is 73.0 Å². The van der Waals surface area contributed by atoms with Gasteiger partial charge in [-0.15, -0.1) is 0 Å². The molecular weight excluding hydrogens is 607 g/mol. The molecule has 1 fully saturated rings. The highest BCUT2D eigenvalue weighted by molar-refractivity contribution is 5.89. The van der Waals surface area contributed by atoms with E-state index in [0.717, 1.165) is 69.7 Å². The van der Waals surface area contributed by atoms with Gasteiger partial charge in [0.15, 0.2) is 0 Å². The quantitative estimate of drug-likeness (QED) is 0.189. The molecule has 2 heterocycles. The van der Waals surface area contributed by atoms with Crippen molar-refractivity contribution >= 4 is 17.5 Å². The van der Waals surface area contributed by atoms with Crippen molar-refractivity contribution < 1.29 is 13.2 Å². The number of hydrogen-bond donors (Lipinski definition) is 1. The number of benzene rings is 1. The first-order valence-corrected chi connectivity index (χ1v) is 17.7. The number of anilines is 1. The molecule has 0 spiro atoms. The summed E-state index contributed by atoms with van der Waals surface area (Å²) < 4.78 is 43.5. The summed E-state index contributed by atoms with van der Waals surface area (Å²) in [5.74, 6) is -0.558. The molecule has 0 aliphatic carbocycles. The lowest BCUT2D eigenvalue weighted by Gasteiger charge is -2.40. The molecule has 1 aromatic rings. The molecule has 1 unspecified atom stereocenters. The van der Waals surface area contributed by atoms with Crippen molar-refractivity contribution in [2.75, 3.05) is 44.3 Å². The van der Waals surface area contributed by atoms with Crippen LogP contribution in [0.1, 0.15) is 98.6 Å². The van der Waals surface area contributed by atoms with Crippen molar-refractivity contribution in [3.8, 4) is 0 Å². The van der Waals surface area contributed by atoms with E-state index >= 15 is 8.78 Å². The van der Waals surface area contributed by atoms with Crippen LogP contribution in [0.25, 0.3) is 5.57 Å². The van der Waals surface area contributed by atoms with Crippen molar-refractivity contribution in [3.63, 3.8) is 0 Å². The molecule has 0 amide bonds. The molecule has 0 radical (unpaired) electrons. The van der Waals surface area contributed by atoms with Crippen LogP contribution in [0.5, 0.6) is 0 Å². The Balaban J connectivity index is 1.74. The molecule has 1 saturated heterocycles. The Kier molecular flexibility index (Phi) is 14.8. The molecule has 0 saturated carbocycles. The summed E-state index contributed by atoms with van der Waals surface area (Å²) in [6, 6.07) is 3.87. The molecule has 1 N–H and O–H groups in total. The molecule has 48 heavy (non-hydrogen) atoms. The molecule has 0 aromatic heterocycles. The first-order chi connectivity index (χ1) is 22.7. The maximum atomic E-state index is 15.5. The fourth-order valence-electron chi connectivity index (χ4n) is 6.91. The number of nitrogens with one attached hydrogen (secondary N) is 1. The van der Waals surface area contributed by atoms with Gasteiger partial charge in [-0.05, 0) is 123 Å². The first-order valence-electron chi connectivity index (χ1n) is 17.7. The molecule has 8 heteroatoms. The highest BCUT2D eigenvalue weighted by Crippen LogP contribution is 2.33. The Bertz CT molecular complexity index is 1410. The SMILES string of the molecule is C=C(/N=C\C(F)=C(/C)c1cc(F)c(C)c(N(/C(C)=C\C)C(C)C)c1)NC(C)(/C=C\C1=C(C)CCN(C2CCN(CCF)CC2)C1)CCC. The second kappa shape index (κ2) is 18.1. The Morgan fingerprint density at radius 3 is 2.48 bits per heavy atom. The van der Waals surface area contributed by atoms with Gasteiger partial charge in [-0.3, -0.25) is 4.90 Å². The minimum atomic E-state index is -0.544. The third kappa shape index (κ3) is 10.4. The molecule has 266 valence electrons. The molecular formula is C40H60F3N5. The number of aliphatic imine (C=N–C) groups is 1. The van der Waals surface area contributed by atoms with Gasteiger partial charge in [0.05, 0.1) is 11.8 Å². The highest BCUT2D eigenvalue weighted by atomic mass is 19.1. The van der Waals surface area contributed by atoms with E-state index in [9.17, 15) is 4.39 Å². The fourth-order valence-corrected chi connectivity index (χ4v) is 6.91. The van der Waals surface area contributed by atoms with E-state index < -0.39 is 11.4 Å². The number of hydrogen-bond acceptors (Lipinski definition) is 5. The van der Waals surface area contributed by atoms with Crippen molar-refractivity contribution in [2.45, 2.75) is 112 Å². The summed E-state index contributed by atoms with van der Waals surface area (Å²) in [5, 5.41) is 3.43. The van der Waals surface area contributed by atoms with Gasteiger partial charge in [-0.2, -0.15) is 0 Å². The summed E-state index contributed by atoms with van der Waals surface area (Å²) >= 11 is 0.